The number of rotatable bonds is 3. The molecule has 0 aliphatic carbocycles. The first-order valence-corrected chi connectivity index (χ1v) is 8.68. The maximum Gasteiger partial charge on any atom is 0.266 e. The van der Waals surface area contributed by atoms with Crippen LogP contribution in [0.4, 0.5) is 15.9 Å². The third-order valence-corrected chi connectivity index (χ3v) is 5.50. The third-order valence-electron chi connectivity index (χ3n) is 2.60. The number of anilines is 2. The molecule has 112 valence electrons. The van der Waals surface area contributed by atoms with Gasteiger partial charge in [-0.05, 0) is 63.0 Å². The molecule has 1 aromatic heterocycles. The van der Waals surface area contributed by atoms with Gasteiger partial charge < -0.3 is 5.73 Å². The monoisotopic (exact) mass is 437 g/mol. The van der Waals surface area contributed by atoms with Crippen molar-refractivity contribution in [3.8, 4) is 0 Å². The van der Waals surface area contributed by atoms with Crippen molar-refractivity contribution in [2.75, 3.05) is 10.5 Å². The van der Waals surface area contributed by atoms with Crippen molar-refractivity contribution in [2.45, 2.75) is 11.8 Å². The van der Waals surface area contributed by atoms with Gasteiger partial charge in [0.2, 0.25) is 0 Å². The van der Waals surface area contributed by atoms with Crippen molar-refractivity contribution in [3.63, 3.8) is 0 Å². The van der Waals surface area contributed by atoms with Crippen LogP contribution < -0.4 is 10.5 Å². The number of benzene rings is 1. The summed E-state index contributed by atoms with van der Waals surface area (Å²) < 4.78 is 41.5. The summed E-state index contributed by atoms with van der Waals surface area (Å²) in [6.07, 6.45) is 0. The van der Waals surface area contributed by atoms with Crippen molar-refractivity contribution >= 4 is 53.4 Å². The molecule has 0 aliphatic heterocycles. The number of nitrogens with one attached hydrogen (secondary N) is 1. The van der Waals surface area contributed by atoms with Crippen LogP contribution in [0.1, 0.15) is 5.69 Å². The molecule has 0 aliphatic rings. The molecule has 0 radical (unpaired) electrons. The van der Waals surface area contributed by atoms with Gasteiger partial charge in [0.1, 0.15) is 16.5 Å². The number of aromatic nitrogens is 1. The molecule has 2 rings (SSSR count). The maximum atomic E-state index is 13.8. The van der Waals surface area contributed by atoms with Crippen LogP contribution in [-0.4, -0.2) is 13.4 Å². The van der Waals surface area contributed by atoms with E-state index in [0.29, 0.717) is 5.69 Å². The van der Waals surface area contributed by atoms with E-state index in [1.54, 1.807) is 13.0 Å². The van der Waals surface area contributed by atoms with Gasteiger partial charge in [-0.1, -0.05) is 0 Å². The number of hydrogen-bond acceptors (Lipinski definition) is 4. The molecular weight excluding hydrogens is 429 g/mol. The fourth-order valence-electron chi connectivity index (χ4n) is 1.54. The standard InChI is InChI=1S/C12H10Br2FN3O2S/c1-6-7(13)2-3-12(17-6)18-21(19,20)11-5-10(16)8(14)4-9(11)15/h2-5H,16H2,1H3,(H,17,18). The van der Waals surface area contributed by atoms with E-state index in [0.717, 1.165) is 16.6 Å². The normalized spacial score (nSPS) is 11.4. The summed E-state index contributed by atoms with van der Waals surface area (Å²) in [5.74, 6) is -0.811. The summed E-state index contributed by atoms with van der Waals surface area (Å²) in [6, 6.07) is 5.17. The van der Waals surface area contributed by atoms with Crippen LogP contribution in [0, 0.1) is 12.7 Å². The molecule has 0 saturated carbocycles. The highest BCUT2D eigenvalue weighted by atomic mass is 79.9. The average molecular weight is 439 g/mol. The minimum atomic E-state index is -4.12. The summed E-state index contributed by atoms with van der Waals surface area (Å²) in [5, 5.41) is 0. The van der Waals surface area contributed by atoms with E-state index in [1.807, 2.05) is 0 Å². The van der Waals surface area contributed by atoms with Gasteiger partial charge in [0.25, 0.3) is 10.0 Å². The Morgan fingerprint density at radius 1 is 1.24 bits per heavy atom. The van der Waals surface area contributed by atoms with Gasteiger partial charge in [-0.3, -0.25) is 4.72 Å². The van der Waals surface area contributed by atoms with Gasteiger partial charge in [-0.2, -0.15) is 0 Å². The van der Waals surface area contributed by atoms with Crippen LogP contribution in [0.3, 0.4) is 0 Å². The number of nitrogens with zero attached hydrogens (tertiary/aromatic N) is 1. The van der Waals surface area contributed by atoms with Crippen molar-refractivity contribution in [1.82, 2.24) is 4.98 Å². The Labute approximate surface area is 138 Å². The van der Waals surface area contributed by atoms with E-state index in [4.69, 9.17) is 5.73 Å². The Kier molecular flexibility index (Phi) is 4.54. The minimum Gasteiger partial charge on any atom is -0.398 e. The Hall–Kier alpha value is -1.19. The smallest absolute Gasteiger partial charge is 0.266 e. The second kappa shape index (κ2) is 5.90. The van der Waals surface area contributed by atoms with E-state index in [2.05, 4.69) is 41.6 Å². The highest BCUT2D eigenvalue weighted by Gasteiger charge is 2.21. The van der Waals surface area contributed by atoms with Crippen LogP contribution in [0.2, 0.25) is 0 Å². The lowest BCUT2D eigenvalue weighted by atomic mass is 10.3. The van der Waals surface area contributed by atoms with E-state index < -0.39 is 20.7 Å². The number of halogens is 3. The molecule has 0 saturated heterocycles. The molecule has 5 nitrogen and oxygen atoms in total. The van der Waals surface area contributed by atoms with Crippen LogP contribution in [0.5, 0.6) is 0 Å². The van der Waals surface area contributed by atoms with Gasteiger partial charge in [0.15, 0.2) is 0 Å². The van der Waals surface area contributed by atoms with Crippen LogP contribution in [-0.2, 0) is 10.0 Å². The van der Waals surface area contributed by atoms with Gasteiger partial charge >= 0.3 is 0 Å². The molecule has 0 atom stereocenters. The highest BCUT2D eigenvalue weighted by molar-refractivity contribution is 9.10. The zero-order valence-electron chi connectivity index (χ0n) is 10.7. The highest BCUT2D eigenvalue weighted by Crippen LogP contribution is 2.27. The predicted octanol–water partition coefficient (Wildman–Crippen LogP) is 3.44. The summed E-state index contributed by atoms with van der Waals surface area (Å²) in [5.41, 5.74) is 6.32. The quantitative estimate of drug-likeness (QED) is 0.718. The van der Waals surface area contributed by atoms with Gasteiger partial charge in [-0.25, -0.2) is 17.8 Å². The Balaban J connectivity index is 2.43. The first-order valence-electron chi connectivity index (χ1n) is 5.61. The number of pyridine rings is 1. The van der Waals surface area contributed by atoms with Crippen molar-refractivity contribution in [1.29, 1.82) is 0 Å². The Morgan fingerprint density at radius 3 is 2.52 bits per heavy atom. The second-order valence-corrected chi connectivity index (χ2v) is 7.53. The topological polar surface area (TPSA) is 85.1 Å². The lowest BCUT2D eigenvalue weighted by molar-refractivity contribution is 0.570. The first-order chi connectivity index (χ1) is 9.70. The third kappa shape index (κ3) is 3.53. The summed E-state index contributed by atoms with van der Waals surface area (Å²) >= 11 is 6.30. The molecule has 0 spiro atoms. The number of aryl methyl sites for hydroxylation is 1. The summed E-state index contributed by atoms with van der Waals surface area (Å²) in [6.45, 7) is 1.71. The fraction of sp³-hybridized carbons (Fsp3) is 0.0833. The predicted molar refractivity (Wildman–Crippen MR) is 86.0 cm³/mol. The molecule has 3 N–H and O–H groups in total. The van der Waals surface area contributed by atoms with E-state index >= 15 is 0 Å². The number of nitrogens with two attached hydrogens (primary N) is 1. The van der Waals surface area contributed by atoms with Crippen LogP contribution in [0.25, 0.3) is 0 Å². The molecule has 21 heavy (non-hydrogen) atoms. The van der Waals surface area contributed by atoms with E-state index in [9.17, 15) is 12.8 Å². The van der Waals surface area contributed by atoms with Crippen molar-refractivity contribution in [3.05, 3.63) is 44.7 Å². The average Bonchev–Trinajstić information content (AvgIpc) is 2.37. The maximum absolute atomic E-state index is 13.8. The van der Waals surface area contributed by atoms with Crippen LogP contribution >= 0.6 is 31.9 Å². The van der Waals surface area contributed by atoms with Gasteiger partial charge in [0.05, 0.1) is 5.69 Å². The van der Waals surface area contributed by atoms with E-state index in [-0.39, 0.29) is 16.0 Å². The lowest BCUT2D eigenvalue weighted by Crippen LogP contribution is -2.16. The zero-order valence-corrected chi connectivity index (χ0v) is 14.7. The minimum absolute atomic E-state index is 0.0941. The van der Waals surface area contributed by atoms with Crippen molar-refractivity contribution < 1.29 is 12.8 Å². The Morgan fingerprint density at radius 2 is 1.90 bits per heavy atom. The number of sulfonamides is 1. The molecule has 1 aromatic carbocycles. The number of hydrogen-bond donors (Lipinski definition) is 2. The molecule has 0 fully saturated rings. The zero-order chi connectivity index (χ0) is 15.8. The second-order valence-electron chi connectivity index (χ2n) is 4.17. The first kappa shape index (κ1) is 16.2. The summed E-state index contributed by atoms with van der Waals surface area (Å²) in [4.78, 5) is 3.52. The molecule has 2 aromatic rings. The molecule has 9 heteroatoms. The lowest BCUT2D eigenvalue weighted by Gasteiger charge is -2.10. The van der Waals surface area contributed by atoms with Gasteiger partial charge in [-0.15, -0.1) is 0 Å². The Bertz CT molecular complexity index is 812. The fourth-order valence-corrected chi connectivity index (χ4v) is 3.18. The molecule has 0 unspecified atom stereocenters. The summed E-state index contributed by atoms with van der Waals surface area (Å²) in [7, 11) is -4.12. The molecule has 1 heterocycles. The van der Waals surface area contributed by atoms with Crippen LogP contribution in [0.15, 0.2) is 38.1 Å². The molecular formula is C12H10Br2FN3O2S. The van der Waals surface area contributed by atoms with E-state index in [1.165, 1.54) is 6.07 Å². The van der Waals surface area contributed by atoms with Gasteiger partial charge in [0, 0.05) is 14.6 Å². The van der Waals surface area contributed by atoms with Crippen molar-refractivity contribution in [2.24, 2.45) is 0 Å². The molecule has 0 bridgehead atoms. The number of nitrogen functional groups attached to an aromatic ring is 1. The molecule has 0 amide bonds. The SMILES string of the molecule is Cc1nc(NS(=O)(=O)c2cc(N)c(Br)cc2F)ccc1Br. The largest absolute Gasteiger partial charge is 0.398 e.